The molecule has 7 nitrogen and oxygen atoms in total. The van der Waals surface area contributed by atoms with Crippen LogP contribution in [0.1, 0.15) is 63.0 Å². The number of carbonyl (C=O) groups is 2. The van der Waals surface area contributed by atoms with E-state index < -0.39 is 0 Å². The number of likely N-dealkylation sites (tertiary alicyclic amines) is 1. The van der Waals surface area contributed by atoms with Crippen LogP contribution in [-0.4, -0.2) is 39.9 Å². The minimum Gasteiger partial charge on any atom is -0.496 e. The molecule has 0 spiro atoms. The highest BCUT2D eigenvalue weighted by molar-refractivity contribution is 6.07. The number of para-hydroxylation sites is 2. The van der Waals surface area contributed by atoms with Gasteiger partial charge in [0.25, 0.3) is 11.8 Å². The fourth-order valence-corrected chi connectivity index (χ4v) is 6.60. The van der Waals surface area contributed by atoms with Crippen LogP contribution in [0.4, 0.5) is 5.69 Å². The van der Waals surface area contributed by atoms with E-state index in [1.54, 1.807) is 13.3 Å². The Hall–Kier alpha value is -5.17. The van der Waals surface area contributed by atoms with E-state index in [2.05, 4.69) is 15.6 Å². The molecule has 2 amide bonds. The lowest BCUT2D eigenvalue weighted by molar-refractivity contribution is 0.0600. The summed E-state index contributed by atoms with van der Waals surface area (Å²) in [5.41, 5.74) is 7.07. The monoisotopic (exact) mass is 582 g/mol. The van der Waals surface area contributed by atoms with Gasteiger partial charge < -0.3 is 19.1 Å². The fraction of sp³-hybridized carbons (Fsp3) is 0.216. The molecule has 0 aliphatic carbocycles. The van der Waals surface area contributed by atoms with Crippen molar-refractivity contribution in [2.45, 2.75) is 38.4 Å². The van der Waals surface area contributed by atoms with Crippen LogP contribution in [0.5, 0.6) is 5.75 Å². The summed E-state index contributed by atoms with van der Waals surface area (Å²) in [5.74, 6) is 0.726. The maximum Gasteiger partial charge on any atom is 0.271 e. The second-order valence-electron chi connectivity index (χ2n) is 11.4. The number of rotatable bonds is 5. The van der Waals surface area contributed by atoms with Gasteiger partial charge in [0, 0.05) is 41.4 Å². The van der Waals surface area contributed by atoms with Gasteiger partial charge in [-0.05, 0) is 78.4 Å². The number of methoxy groups -OCH3 is 1. The summed E-state index contributed by atoms with van der Waals surface area (Å²) in [6.45, 7) is 1.59. The van der Waals surface area contributed by atoms with Crippen molar-refractivity contribution in [3.63, 3.8) is 0 Å². The van der Waals surface area contributed by atoms with Gasteiger partial charge in [-0.25, -0.2) is 0 Å². The number of carbonyl (C=O) groups excluding carboxylic acids is 2. The predicted molar refractivity (Wildman–Crippen MR) is 171 cm³/mol. The number of fused-ring (bicyclic) bond motifs is 2. The molecule has 2 aromatic heterocycles. The van der Waals surface area contributed by atoms with Crippen molar-refractivity contribution in [1.29, 1.82) is 0 Å². The third kappa shape index (κ3) is 5.04. The fourth-order valence-electron chi connectivity index (χ4n) is 6.60. The molecule has 7 rings (SSSR count). The lowest BCUT2D eigenvalue weighted by Gasteiger charge is -2.36. The van der Waals surface area contributed by atoms with E-state index in [4.69, 9.17) is 4.74 Å². The summed E-state index contributed by atoms with van der Waals surface area (Å²) in [6.07, 6.45) is 6.63. The van der Waals surface area contributed by atoms with E-state index in [0.29, 0.717) is 30.9 Å². The molecular formula is C37H34N4O3. The van der Waals surface area contributed by atoms with Crippen LogP contribution in [0, 0.1) is 0 Å². The number of hydrogen-bond acceptors (Lipinski definition) is 4. The van der Waals surface area contributed by atoms with Gasteiger partial charge in [0.1, 0.15) is 11.4 Å². The number of benzene rings is 3. The maximum atomic E-state index is 14.2. The standard InChI is InChI=1S/C37H34N4O3/c1-44-35-14-5-3-11-31(35)26-15-17-27(18-16-26)36(42)41-25-30-19-20-34(40(30)24-29-9-2-4-12-33(29)41)37(43)39-22-7-6-13-32(39)28-10-8-21-38-23-28/h2-5,8-12,14-21,23,32H,6-7,13,22,24-25H2,1H3. The SMILES string of the molecule is COc1ccccc1-c1ccc(C(=O)N2Cc3ccc(C(=O)N4CCCCC4c4cccnc4)n3Cc3ccccc32)cc1. The van der Waals surface area contributed by atoms with Gasteiger partial charge in [-0.1, -0.05) is 54.6 Å². The Morgan fingerprint density at radius 3 is 2.45 bits per heavy atom. The molecule has 1 unspecified atom stereocenters. The van der Waals surface area contributed by atoms with Crippen molar-refractivity contribution in [2.75, 3.05) is 18.6 Å². The van der Waals surface area contributed by atoms with E-state index >= 15 is 0 Å². The molecule has 1 atom stereocenters. The quantitative estimate of drug-likeness (QED) is 0.221. The van der Waals surface area contributed by atoms with Gasteiger partial charge in [-0.2, -0.15) is 0 Å². The molecule has 0 N–H and O–H groups in total. The largest absolute Gasteiger partial charge is 0.496 e. The summed E-state index contributed by atoms with van der Waals surface area (Å²) in [5, 5.41) is 0. The van der Waals surface area contributed by atoms with Crippen molar-refractivity contribution < 1.29 is 14.3 Å². The van der Waals surface area contributed by atoms with Crippen molar-refractivity contribution in [1.82, 2.24) is 14.5 Å². The number of ether oxygens (including phenoxy) is 1. The summed E-state index contributed by atoms with van der Waals surface area (Å²) >= 11 is 0. The Morgan fingerprint density at radius 1 is 0.818 bits per heavy atom. The summed E-state index contributed by atoms with van der Waals surface area (Å²) in [6, 6.07) is 31.4. The molecule has 7 heteroatoms. The second-order valence-corrected chi connectivity index (χ2v) is 11.4. The summed E-state index contributed by atoms with van der Waals surface area (Å²) in [7, 11) is 1.66. The lowest BCUT2D eigenvalue weighted by Crippen LogP contribution is -2.39. The Balaban J connectivity index is 1.20. The molecule has 1 fully saturated rings. The van der Waals surface area contributed by atoms with E-state index in [1.165, 1.54) is 0 Å². The van der Waals surface area contributed by atoms with Crippen molar-refractivity contribution in [2.24, 2.45) is 0 Å². The molecule has 220 valence electrons. The average molecular weight is 583 g/mol. The molecular weight excluding hydrogens is 548 g/mol. The number of amides is 2. The first kappa shape index (κ1) is 27.7. The third-order valence-corrected chi connectivity index (χ3v) is 8.85. The number of nitrogens with zero attached hydrogens (tertiary/aromatic N) is 4. The van der Waals surface area contributed by atoms with Crippen LogP contribution in [0.3, 0.4) is 0 Å². The number of anilines is 1. The molecule has 0 radical (unpaired) electrons. The van der Waals surface area contributed by atoms with Crippen LogP contribution >= 0.6 is 0 Å². The molecule has 0 saturated carbocycles. The maximum absolute atomic E-state index is 14.2. The normalized spacial score (nSPS) is 16.1. The highest BCUT2D eigenvalue weighted by atomic mass is 16.5. The molecule has 1 saturated heterocycles. The van der Waals surface area contributed by atoms with Crippen LogP contribution in [0.2, 0.25) is 0 Å². The van der Waals surface area contributed by atoms with Crippen LogP contribution in [0.25, 0.3) is 11.1 Å². The topological polar surface area (TPSA) is 67.7 Å². The molecule has 5 aromatic rings. The summed E-state index contributed by atoms with van der Waals surface area (Å²) < 4.78 is 7.63. The van der Waals surface area contributed by atoms with Crippen LogP contribution in [0.15, 0.2) is 109 Å². The molecule has 3 aromatic carbocycles. The molecule has 0 bridgehead atoms. The van der Waals surface area contributed by atoms with Gasteiger partial charge >= 0.3 is 0 Å². The van der Waals surface area contributed by atoms with Gasteiger partial charge in [0.05, 0.1) is 26.2 Å². The van der Waals surface area contributed by atoms with Gasteiger partial charge in [-0.15, -0.1) is 0 Å². The minimum absolute atomic E-state index is 0.00562. The van der Waals surface area contributed by atoms with Crippen molar-refractivity contribution in [3.8, 4) is 16.9 Å². The number of piperidine rings is 1. The predicted octanol–water partition coefficient (Wildman–Crippen LogP) is 7.13. The minimum atomic E-state index is -0.0841. The van der Waals surface area contributed by atoms with E-state index in [-0.39, 0.29) is 17.9 Å². The Labute approximate surface area is 257 Å². The van der Waals surface area contributed by atoms with Gasteiger partial charge in [0.15, 0.2) is 0 Å². The van der Waals surface area contributed by atoms with Crippen LogP contribution in [-0.2, 0) is 13.1 Å². The zero-order valence-corrected chi connectivity index (χ0v) is 24.7. The number of aromatic nitrogens is 2. The number of pyridine rings is 1. The first-order chi connectivity index (χ1) is 21.6. The zero-order chi connectivity index (χ0) is 30.0. The second kappa shape index (κ2) is 11.8. The Kier molecular flexibility index (Phi) is 7.44. The van der Waals surface area contributed by atoms with Crippen LogP contribution < -0.4 is 9.64 Å². The molecule has 2 aliphatic heterocycles. The lowest BCUT2D eigenvalue weighted by atomic mass is 9.96. The third-order valence-electron chi connectivity index (χ3n) is 8.85. The van der Waals surface area contributed by atoms with Crippen molar-refractivity contribution in [3.05, 3.63) is 138 Å². The Morgan fingerprint density at radius 2 is 1.64 bits per heavy atom. The first-order valence-electron chi connectivity index (χ1n) is 15.1. The zero-order valence-electron chi connectivity index (χ0n) is 24.7. The molecule has 4 heterocycles. The molecule has 2 aliphatic rings. The van der Waals surface area contributed by atoms with Crippen molar-refractivity contribution >= 4 is 17.5 Å². The Bertz CT molecular complexity index is 1810. The first-order valence-corrected chi connectivity index (χ1v) is 15.1. The number of hydrogen-bond donors (Lipinski definition) is 0. The average Bonchev–Trinajstić information content (AvgIpc) is 3.40. The van der Waals surface area contributed by atoms with E-state index in [9.17, 15) is 9.59 Å². The highest BCUT2D eigenvalue weighted by Gasteiger charge is 2.33. The van der Waals surface area contributed by atoms with Gasteiger partial charge in [0.2, 0.25) is 0 Å². The highest BCUT2D eigenvalue weighted by Crippen LogP contribution is 2.35. The van der Waals surface area contributed by atoms with E-state index in [1.807, 2.05) is 107 Å². The van der Waals surface area contributed by atoms with E-state index in [0.717, 1.165) is 58.6 Å². The summed E-state index contributed by atoms with van der Waals surface area (Å²) in [4.78, 5) is 36.4. The smallest absolute Gasteiger partial charge is 0.271 e. The van der Waals surface area contributed by atoms with Gasteiger partial charge in [-0.3, -0.25) is 14.6 Å². The molecule has 44 heavy (non-hydrogen) atoms.